The summed E-state index contributed by atoms with van der Waals surface area (Å²) in [4.78, 5) is 41.1. The fraction of sp³-hybridized carbons (Fsp3) is 0.368. The molecule has 3 rings (SSSR count). The van der Waals surface area contributed by atoms with Crippen LogP contribution < -0.4 is 4.90 Å². The number of thiocarbonyl (C=S) groups is 1. The smallest absolute Gasteiger partial charge is 0.326 e. The van der Waals surface area contributed by atoms with E-state index in [0.29, 0.717) is 17.7 Å². The van der Waals surface area contributed by atoms with Crippen LogP contribution in [0.25, 0.3) is 5.57 Å². The highest BCUT2D eigenvalue weighted by atomic mass is 79.9. The molecule has 0 bridgehead atoms. The third-order valence-corrected chi connectivity index (χ3v) is 6.18. The summed E-state index contributed by atoms with van der Waals surface area (Å²) in [5.41, 5.74) is 1.77. The molecule has 2 aliphatic heterocycles. The summed E-state index contributed by atoms with van der Waals surface area (Å²) >= 11 is 9.77. The Bertz CT molecular complexity index is 913. The number of carbonyl (C=O) groups excluding carboxylic acids is 3. The van der Waals surface area contributed by atoms with Gasteiger partial charge < -0.3 is 9.64 Å². The Labute approximate surface area is 181 Å². The summed E-state index contributed by atoms with van der Waals surface area (Å²) in [6.45, 7) is 6.24. The molecule has 0 radical (unpaired) electrons. The highest BCUT2D eigenvalue weighted by Gasteiger charge is 2.42. The van der Waals surface area contributed by atoms with Gasteiger partial charge in [0.25, 0.3) is 11.8 Å². The Balaban J connectivity index is 1.94. The number of halogens is 1. The van der Waals surface area contributed by atoms with E-state index < -0.39 is 11.9 Å². The molecule has 9 heteroatoms. The lowest BCUT2D eigenvalue weighted by molar-refractivity contribution is -0.147. The van der Waals surface area contributed by atoms with E-state index in [1.54, 1.807) is 4.90 Å². The number of ether oxygens (including phenoxy) is 1. The van der Waals surface area contributed by atoms with Crippen LogP contribution in [-0.2, 0) is 19.1 Å². The first-order valence-electron chi connectivity index (χ1n) is 8.80. The molecule has 148 valence electrons. The van der Waals surface area contributed by atoms with Gasteiger partial charge in [0.05, 0.1) is 22.8 Å². The number of anilines is 1. The molecular weight excluding hydrogens is 464 g/mol. The predicted molar refractivity (Wildman–Crippen MR) is 117 cm³/mol. The fourth-order valence-corrected chi connectivity index (χ4v) is 4.64. The minimum Gasteiger partial charge on any atom is -0.464 e. The zero-order valence-electron chi connectivity index (χ0n) is 15.7. The summed E-state index contributed by atoms with van der Waals surface area (Å²) in [6.07, 6.45) is 0. The van der Waals surface area contributed by atoms with Gasteiger partial charge in [-0.1, -0.05) is 53.8 Å². The molecule has 0 aliphatic carbocycles. The standard InChI is InChI=1S/C19H19BrN2O4S2/c1-4-21-13-6-5-11(20)7-12(13)15(17(21)24)16-18(25)22(19(27)28-16)8-14(23)26-9-10(2)3/h5-7,10H,4,8-9H2,1-3H3/b16-15+. The number of benzene rings is 1. The van der Waals surface area contributed by atoms with Crippen LogP contribution in [0.5, 0.6) is 0 Å². The minimum atomic E-state index is -0.521. The number of carbonyl (C=O) groups is 3. The van der Waals surface area contributed by atoms with Crippen molar-refractivity contribution in [3.8, 4) is 0 Å². The van der Waals surface area contributed by atoms with Crippen molar-refractivity contribution in [2.75, 3.05) is 24.6 Å². The molecule has 0 spiro atoms. The maximum Gasteiger partial charge on any atom is 0.326 e. The van der Waals surface area contributed by atoms with Crippen LogP contribution in [0.4, 0.5) is 5.69 Å². The SMILES string of the molecule is CCN1C(=O)/C(=C2/SC(=S)N(CC(=O)OCC(C)C)C2=O)c2cc(Br)ccc21. The van der Waals surface area contributed by atoms with Crippen molar-refractivity contribution >= 4 is 73.3 Å². The summed E-state index contributed by atoms with van der Waals surface area (Å²) in [5.74, 6) is -1.00. The van der Waals surface area contributed by atoms with Gasteiger partial charge in [-0.05, 0) is 31.0 Å². The summed E-state index contributed by atoms with van der Waals surface area (Å²) in [7, 11) is 0. The molecule has 2 amide bonds. The van der Waals surface area contributed by atoms with Gasteiger partial charge in [-0.2, -0.15) is 0 Å². The van der Waals surface area contributed by atoms with Gasteiger partial charge in [-0.25, -0.2) is 0 Å². The highest BCUT2D eigenvalue weighted by Crippen LogP contribution is 2.45. The van der Waals surface area contributed by atoms with Crippen molar-refractivity contribution in [3.05, 3.63) is 33.1 Å². The molecule has 6 nitrogen and oxygen atoms in total. The highest BCUT2D eigenvalue weighted by molar-refractivity contribution is 9.10. The second-order valence-corrected chi connectivity index (χ2v) is 9.31. The maximum atomic E-state index is 13.0. The number of nitrogens with zero attached hydrogens (tertiary/aromatic N) is 2. The summed E-state index contributed by atoms with van der Waals surface area (Å²) in [6, 6.07) is 5.52. The van der Waals surface area contributed by atoms with Gasteiger partial charge in [0.15, 0.2) is 0 Å². The zero-order chi connectivity index (χ0) is 20.6. The number of esters is 1. The van der Waals surface area contributed by atoms with Gasteiger partial charge >= 0.3 is 5.97 Å². The Morgan fingerprint density at radius 3 is 2.61 bits per heavy atom. The van der Waals surface area contributed by atoms with E-state index >= 15 is 0 Å². The number of hydrogen-bond donors (Lipinski definition) is 0. The second kappa shape index (κ2) is 8.34. The van der Waals surface area contributed by atoms with Gasteiger partial charge in [0, 0.05) is 16.6 Å². The lowest BCUT2D eigenvalue weighted by Gasteiger charge is -2.14. The van der Waals surface area contributed by atoms with Crippen LogP contribution in [0.2, 0.25) is 0 Å². The van der Waals surface area contributed by atoms with Crippen molar-refractivity contribution in [3.63, 3.8) is 0 Å². The molecule has 0 N–H and O–H groups in total. The molecule has 1 fully saturated rings. The first-order chi connectivity index (χ1) is 13.2. The van der Waals surface area contributed by atoms with E-state index in [9.17, 15) is 14.4 Å². The lowest BCUT2D eigenvalue weighted by atomic mass is 10.1. The van der Waals surface area contributed by atoms with E-state index in [-0.39, 0.29) is 34.2 Å². The summed E-state index contributed by atoms with van der Waals surface area (Å²) < 4.78 is 6.20. The average molecular weight is 483 g/mol. The van der Waals surface area contributed by atoms with Crippen molar-refractivity contribution < 1.29 is 19.1 Å². The van der Waals surface area contributed by atoms with Crippen molar-refractivity contribution in [1.29, 1.82) is 0 Å². The second-order valence-electron chi connectivity index (χ2n) is 6.75. The first-order valence-corrected chi connectivity index (χ1v) is 10.8. The molecule has 0 atom stereocenters. The van der Waals surface area contributed by atoms with Crippen LogP contribution >= 0.6 is 39.9 Å². The molecule has 0 aromatic heterocycles. The predicted octanol–water partition coefficient (Wildman–Crippen LogP) is 3.59. The number of fused-ring (bicyclic) bond motifs is 1. The topological polar surface area (TPSA) is 66.9 Å². The molecule has 0 saturated carbocycles. The Morgan fingerprint density at radius 1 is 1.25 bits per heavy atom. The monoisotopic (exact) mass is 482 g/mol. The normalized spacial score (nSPS) is 19.1. The van der Waals surface area contributed by atoms with Crippen LogP contribution in [0.15, 0.2) is 27.6 Å². The van der Waals surface area contributed by atoms with Gasteiger partial charge in [-0.15, -0.1) is 0 Å². The molecule has 1 saturated heterocycles. The first kappa shape index (κ1) is 21.0. The maximum absolute atomic E-state index is 13.0. The molecule has 2 heterocycles. The quantitative estimate of drug-likeness (QED) is 0.363. The Hall–Kier alpha value is -1.71. The number of thioether (sulfide) groups is 1. The van der Waals surface area contributed by atoms with E-state index in [2.05, 4.69) is 15.9 Å². The Morgan fingerprint density at radius 2 is 1.96 bits per heavy atom. The van der Waals surface area contributed by atoms with E-state index in [1.807, 2.05) is 39.0 Å². The van der Waals surface area contributed by atoms with E-state index in [4.69, 9.17) is 17.0 Å². The number of likely N-dealkylation sites (N-methyl/N-ethyl adjacent to an activating group) is 1. The Kier molecular flexibility index (Phi) is 6.26. The number of hydrogen-bond acceptors (Lipinski definition) is 6. The molecule has 2 aliphatic rings. The minimum absolute atomic E-state index is 0.198. The zero-order valence-corrected chi connectivity index (χ0v) is 18.9. The fourth-order valence-electron chi connectivity index (χ4n) is 2.96. The molecular formula is C19H19BrN2O4S2. The van der Waals surface area contributed by atoms with Crippen LogP contribution in [0, 0.1) is 5.92 Å². The van der Waals surface area contributed by atoms with Crippen molar-refractivity contribution in [2.45, 2.75) is 20.8 Å². The van der Waals surface area contributed by atoms with Gasteiger partial charge in [-0.3, -0.25) is 19.3 Å². The third-order valence-electron chi connectivity index (χ3n) is 4.24. The van der Waals surface area contributed by atoms with Crippen molar-refractivity contribution in [2.24, 2.45) is 5.92 Å². The van der Waals surface area contributed by atoms with Crippen LogP contribution in [-0.4, -0.2) is 46.7 Å². The number of amides is 2. The molecule has 1 aromatic rings. The van der Waals surface area contributed by atoms with E-state index in [0.717, 1.165) is 21.9 Å². The molecule has 1 aromatic carbocycles. The van der Waals surface area contributed by atoms with Crippen LogP contribution in [0.1, 0.15) is 26.3 Å². The third kappa shape index (κ3) is 3.88. The molecule has 28 heavy (non-hydrogen) atoms. The van der Waals surface area contributed by atoms with Gasteiger partial charge in [0.1, 0.15) is 10.9 Å². The van der Waals surface area contributed by atoms with Gasteiger partial charge in [0.2, 0.25) is 0 Å². The van der Waals surface area contributed by atoms with Crippen molar-refractivity contribution in [1.82, 2.24) is 4.90 Å². The number of rotatable bonds is 5. The average Bonchev–Trinajstić information content (AvgIpc) is 3.06. The van der Waals surface area contributed by atoms with Crippen LogP contribution in [0.3, 0.4) is 0 Å². The largest absolute Gasteiger partial charge is 0.464 e. The van der Waals surface area contributed by atoms with E-state index in [1.165, 1.54) is 4.90 Å². The molecule has 0 unspecified atom stereocenters. The summed E-state index contributed by atoms with van der Waals surface area (Å²) in [5, 5.41) is 0. The lowest BCUT2D eigenvalue weighted by Crippen LogP contribution is -2.35.